The van der Waals surface area contributed by atoms with Crippen LogP contribution in [0.4, 0.5) is 14.9 Å². The first-order chi connectivity index (χ1) is 12.8. The molecule has 1 atom stereocenters. The normalized spacial score (nSPS) is 21.7. The van der Waals surface area contributed by atoms with Crippen molar-refractivity contribution >= 4 is 47.1 Å². The Balaban J connectivity index is 1.55. The van der Waals surface area contributed by atoms with Crippen LogP contribution in [-0.4, -0.2) is 41.9 Å². The van der Waals surface area contributed by atoms with Crippen LogP contribution in [0, 0.1) is 17.1 Å². The molecule has 2 fully saturated rings. The zero-order chi connectivity index (χ0) is 19.6. The summed E-state index contributed by atoms with van der Waals surface area (Å²) in [7, 11) is 0. The Bertz CT molecular complexity index is 857. The molecular formula is C16H16ClFN6O3. The van der Waals surface area contributed by atoms with Gasteiger partial charge in [0.15, 0.2) is 0 Å². The summed E-state index contributed by atoms with van der Waals surface area (Å²) >= 11 is 5.82. The number of hydrogen-bond acceptors (Lipinski definition) is 6. The topological polar surface area (TPSA) is 136 Å². The number of hydrogen-bond donors (Lipinski definition) is 5. The maximum atomic E-state index is 13.0. The molecule has 1 heterocycles. The van der Waals surface area contributed by atoms with Gasteiger partial charge in [-0.25, -0.2) is 9.18 Å². The number of rotatable bonds is 7. The Labute approximate surface area is 158 Å². The second kappa shape index (κ2) is 7.31. The van der Waals surface area contributed by atoms with E-state index in [1.165, 1.54) is 12.1 Å². The number of hydrazone groups is 1. The van der Waals surface area contributed by atoms with Crippen LogP contribution >= 0.6 is 11.6 Å². The van der Waals surface area contributed by atoms with Gasteiger partial charge in [-0.05, 0) is 37.0 Å². The van der Waals surface area contributed by atoms with Crippen molar-refractivity contribution < 1.29 is 18.8 Å². The fourth-order valence-corrected chi connectivity index (χ4v) is 2.97. The third-order valence-corrected chi connectivity index (χ3v) is 4.64. The van der Waals surface area contributed by atoms with Crippen molar-refractivity contribution in [1.82, 2.24) is 16.0 Å². The number of imide groups is 1. The van der Waals surface area contributed by atoms with Gasteiger partial charge < -0.3 is 10.6 Å². The summed E-state index contributed by atoms with van der Waals surface area (Å²) in [4.78, 5) is 35.6. The lowest BCUT2D eigenvalue weighted by Gasteiger charge is -2.25. The molecule has 1 aromatic rings. The number of halogens is 2. The Morgan fingerprint density at radius 1 is 1.44 bits per heavy atom. The first-order valence-electron chi connectivity index (χ1n) is 8.06. The monoisotopic (exact) mass is 394 g/mol. The lowest BCUT2D eigenvalue weighted by molar-refractivity contribution is -0.125. The standard InChI is InChI=1S/C16H16ClFN6O3/c17-10-5-9(18)3-4-12(10)24-21-6-11(19)13(25)20-7-16(8-1-2-8)14(26)22-15(27)23-16/h3-6,8,19,24H,1-2,7H2,(H,20,25)(H2,22,23,26,27)/b19-11?,21-6-/t16-/m0/s1. The summed E-state index contributed by atoms with van der Waals surface area (Å²) in [6.07, 6.45) is 2.49. The summed E-state index contributed by atoms with van der Waals surface area (Å²) < 4.78 is 13.0. The lowest BCUT2D eigenvalue weighted by Crippen LogP contribution is -2.57. The Kier molecular flexibility index (Phi) is 5.08. The van der Waals surface area contributed by atoms with Gasteiger partial charge in [0.1, 0.15) is 17.1 Å². The molecule has 0 aromatic heterocycles. The van der Waals surface area contributed by atoms with E-state index in [-0.39, 0.29) is 17.5 Å². The van der Waals surface area contributed by atoms with Crippen LogP contribution in [0.3, 0.4) is 0 Å². The van der Waals surface area contributed by atoms with Gasteiger partial charge in [-0.2, -0.15) is 5.10 Å². The third kappa shape index (κ3) is 4.05. The van der Waals surface area contributed by atoms with Gasteiger partial charge >= 0.3 is 6.03 Å². The van der Waals surface area contributed by atoms with E-state index in [1.807, 2.05) is 0 Å². The van der Waals surface area contributed by atoms with Crippen LogP contribution < -0.4 is 21.4 Å². The van der Waals surface area contributed by atoms with Gasteiger partial charge in [0, 0.05) is 0 Å². The van der Waals surface area contributed by atoms with E-state index >= 15 is 0 Å². The number of nitrogens with one attached hydrogen (secondary N) is 5. The Hall–Kier alpha value is -3.01. The predicted molar refractivity (Wildman–Crippen MR) is 96.4 cm³/mol. The molecule has 0 spiro atoms. The zero-order valence-corrected chi connectivity index (χ0v) is 14.7. The minimum atomic E-state index is -1.18. The van der Waals surface area contributed by atoms with Crippen molar-refractivity contribution in [1.29, 1.82) is 5.41 Å². The molecule has 0 unspecified atom stereocenters. The van der Waals surface area contributed by atoms with Crippen LogP contribution in [0.15, 0.2) is 23.3 Å². The van der Waals surface area contributed by atoms with E-state index in [1.54, 1.807) is 0 Å². The molecule has 0 bridgehead atoms. The summed E-state index contributed by atoms with van der Waals surface area (Å²) in [6.45, 7) is -0.123. The number of urea groups is 1. The fraction of sp³-hybridized carbons (Fsp3) is 0.312. The average Bonchev–Trinajstić information content (AvgIpc) is 3.41. The molecule has 1 saturated carbocycles. The predicted octanol–water partition coefficient (Wildman–Crippen LogP) is 1.00. The first-order valence-corrected chi connectivity index (χ1v) is 8.44. The third-order valence-electron chi connectivity index (χ3n) is 4.33. The highest BCUT2D eigenvalue weighted by molar-refractivity contribution is 6.59. The van der Waals surface area contributed by atoms with Gasteiger partial charge in [-0.3, -0.25) is 25.7 Å². The highest BCUT2D eigenvalue weighted by atomic mass is 35.5. The van der Waals surface area contributed by atoms with E-state index in [0.29, 0.717) is 5.69 Å². The smallest absolute Gasteiger partial charge is 0.322 e. The van der Waals surface area contributed by atoms with Gasteiger partial charge in [-0.1, -0.05) is 11.6 Å². The van der Waals surface area contributed by atoms with Crippen molar-refractivity contribution in [2.45, 2.75) is 18.4 Å². The van der Waals surface area contributed by atoms with Gasteiger partial charge in [0.05, 0.1) is 23.5 Å². The van der Waals surface area contributed by atoms with E-state index in [2.05, 4.69) is 26.5 Å². The number of nitrogens with zero attached hydrogens (tertiary/aromatic N) is 1. The molecule has 1 aliphatic heterocycles. The molecule has 1 aromatic carbocycles. The quantitative estimate of drug-likeness (QED) is 0.268. The molecule has 11 heteroatoms. The van der Waals surface area contributed by atoms with E-state index in [4.69, 9.17) is 17.0 Å². The SMILES string of the molecule is N=C(/C=N\Nc1ccc(F)cc1Cl)C(=O)NC[C@@]1(C2CC2)NC(=O)NC1=O. The molecule has 27 heavy (non-hydrogen) atoms. The maximum Gasteiger partial charge on any atom is 0.322 e. The molecule has 4 amide bonds. The lowest BCUT2D eigenvalue weighted by atomic mass is 9.93. The molecule has 2 aliphatic rings. The summed E-state index contributed by atoms with van der Waals surface area (Å²) in [6, 6.07) is 3.04. The molecular weight excluding hydrogens is 379 g/mol. The molecule has 0 radical (unpaired) electrons. The molecule has 3 rings (SSSR count). The summed E-state index contributed by atoms with van der Waals surface area (Å²) in [5.41, 5.74) is 1.15. The largest absolute Gasteiger partial charge is 0.348 e. The van der Waals surface area contributed by atoms with Crippen molar-refractivity contribution in [3.05, 3.63) is 29.0 Å². The molecule has 1 saturated heterocycles. The van der Waals surface area contributed by atoms with Crippen molar-refractivity contribution in [2.75, 3.05) is 12.0 Å². The number of amides is 4. The van der Waals surface area contributed by atoms with E-state index in [0.717, 1.165) is 25.1 Å². The maximum absolute atomic E-state index is 13.0. The zero-order valence-electron chi connectivity index (χ0n) is 13.9. The Morgan fingerprint density at radius 3 is 2.78 bits per heavy atom. The number of benzene rings is 1. The fourth-order valence-electron chi connectivity index (χ4n) is 2.76. The minimum Gasteiger partial charge on any atom is -0.348 e. The molecule has 142 valence electrons. The minimum absolute atomic E-state index is 0.0469. The highest BCUT2D eigenvalue weighted by Gasteiger charge is 2.56. The number of carbonyl (C=O) groups is 3. The molecule has 9 nitrogen and oxygen atoms in total. The number of anilines is 1. The highest BCUT2D eigenvalue weighted by Crippen LogP contribution is 2.40. The van der Waals surface area contributed by atoms with Crippen LogP contribution in [-0.2, 0) is 9.59 Å². The van der Waals surface area contributed by atoms with Crippen molar-refractivity contribution in [3.8, 4) is 0 Å². The second-order valence-electron chi connectivity index (χ2n) is 6.24. The second-order valence-corrected chi connectivity index (χ2v) is 6.65. The summed E-state index contributed by atoms with van der Waals surface area (Å²) in [5, 5.41) is 18.7. The van der Waals surface area contributed by atoms with Crippen LogP contribution in [0.25, 0.3) is 0 Å². The van der Waals surface area contributed by atoms with Crippen LogP contribution in [0.2, 0.25) is 5.02 Å². The molecule has 1 aliphatic carbocycles. The van der Waals surface area contributed by atoms with Crippen molar-refractivity contribution in [3.63, 3.8) is 0 Å². The molecule has 5 N–H and O–H groups in total. The van der Waals surface area contributed by atoms with Crippen molar-refractivity contribution in [2.24, 2.45) is 11.0 Å². The van der Waals surface area contributed by atoms with Gasteiger partial charge in [-0.15, -0.1) is 0 Å². The average molecular weight is 395 g/mol. The van der Waals surface area contributed by atoms with Gasteiger partial charge in [0.2, 0.25) is 0 Å². The van der Waals surface area contributed by atoms with E-state index in [9.17, 15) is 18.8 Å². The first kappa shape index (κ1) is 18.8. The van der Waals surface area contributed by atoms with Crippen LogP contribution in [0.5, 0.6) is 0 Å². The van der Waals surface area contributed by atoms with Gasteiger partial charge in [0.25, 0.3) is 11.8 Å². The Morgan fingerprint density at radius 2 is 2.19 bits per heavy atom. The van der Waals surface area contributed by atoms with Crippen LogP contribution in [0.1, 0.15) is 12.8 Å². The summed E-state index contributed by atoms with van der Waals surface area (Å²) in [5.74, 6) is -1.80. The number of carbonyl (C=O) groups excluding carboxylic acids is 3. The van der Waals surface area contributed by atoms with E-state index < -0.39 is 34.9 Å².